The molecule has 0 unspecified atom stereocenters. The van der Waals surface area contributed by atoms with E-state index in [9.17, 15) is 27.6 Å². The summed E-state index contributed by atoms with van der Waals surface area (Å²) in [6, 6.07) is 16.2. The van der Waals surface area contributed by atoms with Crippen LogP contribution >= 0.6 is 0 Å². The van der Waals surface area contributed by atoms with Crippen LogP contribution in [0.25, 0.3) is 11.1 Å². The van der Waals surface area contributed by atoms with Gasteiger partial charge >= 0.3 is 18.2 Å². The smallest absolute Gasteiger partial charge is 0.416 e. The summed E-state index contributed by atoms with van der Waals surface area (Å²) in [5.41, 5.74) is 1.75. The van der Waals surface area contributed by atoms with Crippen molar-refractivity contribution in [2.24, 2.45) is 0 Å². The van der Waals surface area contributed by atoms with Crippen LogP contribution in [0.5, 0.6) is 0 Å². The van der Waals surface area contributed by atoms with Crippen LogP contribution in [-0.2, 0) is 11.0 Å². The highest BCUT2D eigenvalue weighted by Crippen LogP contribution is 2.30. The van der Waals surface area contributed by atoms with Crippen molar-refractivity contribution in [2.45, 2.75) is 25.1 Å². The van der Waals surface area contributed by atoms with Crippen molar-refractivity contribution < 1.29 is 32.7 Å². The molecule has 0 aromatic heterocycles. The quantitative estimate of drug-likeness (QED) is 0.421. The number of carboxylic acids is 1. The van der Waals surface area contributed by atoms with E-state index in [1.165, 1.54) is 29.2 Å². The Balaban J connectivity index is 1.37. The number of urea groups is 1. The molecule has 186 valence electrons. The number of carbonyl (C=O) groups is 3. The third kappa shape index (κ3) is 5.65. The van der Waals surface area contributed by atoms with Crippen LogP contribution in [0, 0.1) is 0 Å². The van der Waals surface area contributed by atoms with Crippen LogP contribution in [0.2, 0.25) is 0 Å². The second-order valence-corrected chi connectivity index (χ2v) is 8.31. The highest BCUT2D eigenvalue weighted by Gasteiger charge is 2.34. The standard InChI is InChI=1S/C26H22F3N3O4/c27-26(28,29)19-9-13-21(14-10-19)31-25(36)32-15-1-2-22(32)23(33)30-20-11-7-17(8-12-20)16-3-5-18(6-4-16)24(34)35/h3-14,22H,1-2,15H2,(H,30,33)(H,31,36)(H,34,35)/t22-/m0/s1. The number of carbonyl (C=O) groups excluding carboxylic acids is 2. The lowest BCUT2D eigenvalue weighted by Crippen LogP contribution is -2.45. The molecule has 1 fully saturated rings. The van der Waals surface area contributed by atoms with Gasteiger partial charge in [0.05, 0.1) is 11.1 Å². The molecule has 4 rings (SSSR count). The van der Waals surface area contributed by atoms with E-state index in [0.29, 0.717) is 25.1 Å². The largest absolute Gasteiger partial charge is 0.478 e. The first-order valence-corrected chi connectivity index (χ1v) is 11.1. The number of benzene rings is 3. The van der Waals surface area contributed by atoms with Gasteiger partial charge in [0.2, 0.25) is 5.91 Å². The molecule has 7 nitrogen and oxygen atoms in total. The second-order valence-electron chi connectivity index (χ2n) is 8.31. The summed E-state index contributed by atoms with van der Waals surface area (Å²) in [4.78, 5) is 38.0. The number of aromatic carboxylic acids is 1. The van der Waals surface area contributed by atoms with E-state index in [-0.39, 0.29) is 17.2 Å². The zero-order valence-corrected chi connectivity index (χ0v) is 18.9. The van der Waals surface area contributed by atoms with E-state index in [1.807, 2.05) is 0 Å². The Morgan fingerprint density at radius 3 is 1.89 bits per heavy atom. The Bertz CT molecular complexity index is 1260. The van der Waals surface area contributed by atoms with Crippen molar-refractivity contribution in [3.63, 3.8) is 0 Å². The average molecular weight is 497 g/mol. The summed E-state index contributed by atoms with van der Waals surface area (Å²) in [5, 5.41) is 14.4. The van der Waals surface area contributed by atoms with E-state index >= 15 is 0 Å². The van der Waals surface area contributed by atoms with Gasteiger partial charge in [0.1, 0.15) is 6.04 Å². The molecule has 1 aliphatic heterocycles. The number of halogens is 3. The number of rotatable bonds is 5. The molecule has 0 bridgehead atoms. The first kappa shape index (κ1) is 24.8. The molecule has 3 amide bonds. The number of hydrogen-bond donors (Lipinski definition) is 3. The van der Waals surface area contributed by atoms with Gasteiger partial charge in [0.15, 0.2) is 0 Å². The zero-order chi connectivity index (χ0) is 25.9. The van der Waals surface area contributed by atoms with Crippen molar-refractivity contribution in [3.8, 4) is 11.1 Å². The van der Waals surface area contributed by atoms with E-state index in [2.05, 4.69) is 10.6 Å². The Hall–Kier alpha value is -4.34. The fourth-order valence-electron chi connectivity index (χ4n) is 4.00. The lowest BCUT2D eigenvalue weighted by molar-refractivity contribution is -0.137. The average Bonchev–Trinajstić information content (AvgIpc) is 3.35. The van der Waals surface area contributed by atoms with Gasteiger partial charge in [-0.1, -0.05) is 24.3 Å². The number of alkyl halides is 3. The molecular formula is C26H22F3N3O4. The van der Waals surface area contributed by atoms with Gasteiger partial charge < -0.3 is 20.6 Å². The summed E-state index contributed by atoms with van der Waals surface area (Å²) in [7, 11) is 0. The fourth-order valence-corrected chi connectivity index (χ4v) is 4.00. The van der Waals surface area contributed by atoms with Gasteiger partial charge in [-0.25, -0.2) is 9.59 Å². The normalized spacial score (nSPS) is 15.4. The molecule has 0 saturated carbocycles. The second kappa shape index (κ2) is 10.1. The van der Waals surface area contributed by atoms with Gasteiger partial charge in [-0.15, -0.1) is 0 Å². The Kier molecular flexibility index (Phi) is 6.96. The summed E-state index contributed by atoms with van der Waals surface area (Å²) in [5.74, 6) is -1.37. The molecule has 1 saturated heterocycles. The molecule has 3 aromatic rings. The van der Waals surface area contributed by atoms with Gasteiger partial charge in [-0.2, -0.15) is 13.2 Å². The minimum atomic E-state index is -4.47. The number of nitrogens with zero attached hydrogens (tertiary/aromatic N) is 1. The minimum Gasteiger partial charge on any atom is -0.478 e. The molecule has 1 aliphatic rings. The molecule has 1 atom stereocenters. The summed E-state index contributed by atoms with van der Waals surface area (Å²) >= 11 is 0. The SMILES string of the molecule is O=C(O)c1ccc(-c2ccc(NC(=O)[C@@H]3CCCN3C(=O)Nc3ccc(C(F)(F)F)cc3)cc2)cc1. The van der Waals surface area contributed by atoms with Crippen molar-refractivity contribution >= 4 is 29.3 Å². The first-order chi connectivity index (χ1) is 17.1. The number of amides is 3. The summed E-state index contributed by atoms with van der Waals surface area (Å²) in [6.45, 7) is 0.343. The minimum absolute atomic E-state index is 0.186. The van der Waals surface area contributed by atoms with Gasteiger partial charge in [0, 0.05) is 17.9 Å². The van der Waals surface area contributed by atoms with E-state index < -0.39 is 29.8 Å². The lowest BCUT2D eigenvalue weighted by atomic mass is 10.0. The monoisotopic (exact) mass is 497 g/mol. The van der Waals surface area contributed by atoms with Crippen LogP contribution in [0.3, 0.4) is 0 Å². The maximum Gasteiger partial charge on any atom is 0.416 e. The van der Waals surface area contributed by atoms with Crippen LogP contribution < -0.4 is 10.6 Å². The highest BCUT2D eigenvalue weighted by molar-refractivity contribution is 5.99. The molecule has 0 aliphatic carbocycles. The van der Waals surface area contributed by atoms with E-state index in [4.69, 9.17) is 5.11 Å². The fraction of sp³-hybridized carbons (Fsp3) is 0.192. The third-order valence-electron chi connectivity index (χ3n) is 5.90. The maximum atomic E-state index is 12.9. The van der Waals surface area contributed by atoms with Crippen molar-refractivity contribution in [2.75, 3.05) is 17.2 Å². The number of likely N-dealkylation sites (tertiary alicyclic amines) is 1. The molecule has 3 N–H and O–H groups in total. The predicted octanol–water partition coefficient (Wildman–Crippen LogP) is 5.71. The zero-order valence-electron chi connectivity index (χ0n) is 18.9. The first-order valence-electron chi connectivity index (χ1n) is 11.1. The van der Waals surface area contributed by atoms with Gasteiger partial charge in [-0.3, -0.25) is 4.79 Å². The van der Waals surface area contributed by atoms with Crippen LogP contribution in [0.15, 0.2) is 72.8 Å². The van der Waals surface area contributed by atoms with Crippen molar-refractivity contribution in [1.82, 2.24) is 4.90 Å². The number of anilines is 2. The molecule has 0 radical (unpaired) electrons. The molecule has 10 heteroatoms. The molecular weight excluding hydrogens is 475 g/mol. The van der Waals surface area contributed by atoms with Crippen LogP contribution in [0.1, 0.15) is 28.8 Å². The van der Waals surface area contributed by atoms with Crippen molar-refractivity contribution in [3.05, 3.63) is 83.9 Å². The Labute approximate surface area is 204 Å². The molecule has 1 heterocycles. The Morgan fingerprint density at radius 1 is 0.806 bits per heavy atom. The van der Waals surface area contributed by atoms with Gasteiger partial charge in [0.25, 0.3) is 0 Å². The lowest BCUT2D eigenvalue weighted by Gasteiger charge is -2.24. The Morgan fingerprint density at radius 2 is 1.33 bits per heavy atom. The predicted molar refractivity (Wildman–Crippen MR) is 128 cm³/mol. The number of nitrogens with one attached hydrogen (secondary N) is 2. The highest BCUT2D eigenvalue weighted by atomic mass is 19.4. The third-order valence-corrected chi connectivity index (χ3v) is 5.90. The maximum absolute atomic E-state index is 12.9. The molecule has 3 aromatic carbocycles. The number of hydrogen-bond acceptors (Lipinski definition) is 3. The van der Waals surface area contributed by atoms with Crippen LogP contribution in [0.4, 0.5) is 29.3 Å². The van der Waals surface area contributed by atoms with Gasteiger partial charge in [-0.05, 0) is 72.5 Å². The number of carboxylic acid groups (broad SMARTS) is 1. The summed E-state index contributed by atoms with van der Waals surface area (Å²) < 4.78 is 38.2. The topological polar surface area (TPSA) is 98.7 Å². The molecule has 36 heavy (non-hydrogen) atoms. The summed E-state index contributed by atoms with van der Waals surface area (Å²) in [6.07, 6.45) is -3.39. The molecule has 0 spiro atoms. The van der Waals surface area contributed by atoms with E-state index in [1.54, 1.807) is 36.4 Å². The van der Waals surface area contributed by atoms with E-state index in [0.717, 1.165) is 23.3 Å². The van der Waals surface area contributed by atoms with Crippen LogP contribution in [-0.4, -0.2) is 40.5 Å². The van der Waals surface area contributed by atoms with Crippen molar-refractivity contribution in [1.29, 1.82) is 0 Å².